The molecule has 2 aliphatic rings. The zero-order chi connectivity index (χ0) is 9.42. The Balaban J connectivity index is 2.08. The van der Waals surface area contributed by atoms with Crippen molar-refractivity contribution in [3.63, 3.8) is 0 Å². The smallest absolute Gasteiger partial charge is 0.407 e. The van der Waals surface area contributed by atoms with Crippen molar-refractivity contribution in [3.8, 4) is 0 Å². The number of carboxylic acid groups (broad SMARTS) is 1. The maximum absolute atomic E-state index is 10.9. The first-order valence-corrected chi connectivity index (χ1v) is 4.59. The Labute approximate surface area is 76.4 Å². The summed E-state index contributed by atoms with van der Waals surface area (Å²) in [5.41, 5.74) is 0. The molecule has 0 radical (unpaired) electrons. The Hall–Kier alpha value is -0.810. The summed E-state index contributed by atoms with van der Waals surface area (Å²) in [6.45, 7) is 0. The molecule has 0 saturated carbocycles. The van der Waals surface area contributed by atoms with Gasteiger partial charge in [-0.3, -0.25) is 0 Å². The maximum Gasteiger partial charge on any atom is 0.407 e. The number of hydrogen-bond acceptors (Lipinski definition) is 3. The van der Waals surface area contributed by atoms with E-state index in [4.69, 9.17) is 15.8 Å². The number of amides is 1. The molecule has 1 amide bonds. The van der Waals surface area contributed by atoms with Crippen LogP contribution in [0, 0.1) is 0 Å². The molecule has 3 N–H and O–H groups in total. The van der Waals surface area contributed by atoms with Gasteiger partial charge < -0.3 is 14.8 Å². The van der Waals surface area contributed by atoms with Crippen LogP contribution in [0.25, 0.3) is 0 Å². The van der Waals surface area contributed by atoms with Crippen molar-refractivity contribution in [1.82, 2.24) is 4.90 Å². The fourth-order valence-electron chi connectivity index (χ4n) is 2.55. The van der Waals surface area contributed by atoms with Gasteiger partial charge in [0.2, 0.25) is 0 Å². The van der Waals surface area contributed by atoms with E-state index in [1.807, 2.05) is 0 Å². The third kappa shape index (κ3) is 1.38. The Morgan fingerprint density at radius 1 is 1.38 bits per heavy atom. The molecule has 2 atom stereocenters. The molecule has 0 aliphatic carbocycles. The largest absolute Gasteiger partial charge is 0.465 e. The second kappa shape index (κ2) is 3.16. The number of piperidine rings is 1. The predicted molar refractivity (Wildman–Crippen MR) is 45.0 cm³/mol. The van der Waals surface area contributed by atoms with Gasteiger partial charge in [-0.15, -0.1) is 0 Å². The van der Waals surface area contributed by atoms with Crippen LogP contribution in [0.1, 0.15) is 25.7 Å². The first kappa shape index (κ1) is 8.77. The highest BCUT2D eigenvalue weighted by molar-refractivity contribution is 5.66. The normalized spacial score (nSPS) is 37.9. The van der Waals surface area contributed by atoms with Gasteiger partial charge in [0.25, 0.3) is 0 Å². The van der Waals surface area contributed by atoms with E-state index in [9.17, 15) is 4.79 Å². The van der Waals surface area contributed by atoms with Gasteiger partial charge in [-0.05, 0) is 25.7 Å². The van der Waals surface area contributed by atoms with Crippen LogP contribution in [-0.4, -0.2) is 34.3 Å². The van der Waals surface area contributed by atoms with Crippen LogP contribution in [0.4, 0.5) is 4.79 Å². The fraction of sp³-hybridized carbons (Fsp3) is 0.875. The molecule has 2 fully saturated rings. The summed E-state index contributed by atoms with van der Waals surface area (Å²) in [7, 11) is 0. The molecule has 2 rings (SSSR count). The molecule has 5 nitrogen and oxygen atoms in total. The van der Waals surface area contributed by atoms with Gasteiger partial charge >= 0.3 is 6.09 Å². The molecule has 0 aromatic heterocycles. The molecule has 0 aromatic carbocycles. The Bertz CT molecular complexity index is 207. The van der Waals surface area contributed by atoms with E-state index in [0.717, 1.165) is 25.7 Å². The zero-order valence-corrected chi connectivity index (χ0v) is 7.35. The summed E-state index contributed by atoms with van der Waals surface area (Å²) in [6.07, 6.45) is 2.66. The van der Waals surface area contributed by atoms with E-state index in [0.29, 0.717) is 0 Å². The standard InChI is InChI=1S/C8H14N2O3/c9-13-7-3-5-1-2-6(4-7)10(5)8(11)12/h5-7H,1-4,9H2,(H,11,12). The monoisotopic (exact) mass is 186 g/mol. The molecule has 0 spiro atoms. The number of carbonyl (C=O) groups is 1. The SMILES string of the molecule is NOC1CC2CCC(C1)N2C(=O)O. The van der Waals surface area contributed by atoms with Crippen molar-refractivity contribution >= 4 is 6.09 Å². The van der Waals surface area contributed by atoms with E-state index in [1.165, 1.54) is 0 Å². The van der Waals surface area contributed by atoms with Crippen LogP contribution in [0.3, 0.4) is 0 Å². The van der Waals surface area contributed by atoms with Gasteiger partial charge in [0, 0.05) is 12.1 Å². The van der Waals surface area contributed by atoms with Gasteiger partial charge in [0.15, 0.2) is 0 Å². The summed E-state index contributed by atoms with van der Waals surface area (Å²) in [5, 5.41) is 8.93. The Morgan fingerprint density at radius 3 is 2.31 bits per heavy atom. The molecule has 0 aromatic rings. The Kier molecular flexibility index (Phi) is 2.13. The van der Waals surface area contributed by atoms with Crippen molar-refractivity contribution < 1.29 is 14.7 Å². The molecule has 2 bridgehead atoms. The molecule has 5 heteroatoms. The quantitative estimate of drug-likeness (QED) is 0.586. The molecule has 2 heterocycles. The zero-order valence-electron chi connectivity index (χ0n) is 7.35. The topological polar surface area (TPSA) is 75.8 Å². The number of hydrogen-bond donors (Lipinski definition) is 2. The van der Waals surface area contributed by atoms with Crippen LogP contribution < -0.4 is 5.90 Å². The second-order valence-electron chi connectivity index (χ2n) is 3.80. The minimum absolute atomic E-state index is 0.0492. The van der Waals surface area contributed by atoms with E-state index in [1.54, 1.807) is 4.90 Å². The first-order valence-electron chi connectivity index (χ1n) is 4.59. The summed E-state index contributed by atoms with van der Waals surface area (Å²) >= 11 is 0. The molecule has 74 valence electrons. The minimum atomic E-state index is -0.803. The lowest BCUT2D eigenvalue weighted by Gasteiger charge is -2.35. The van der Waals surface area contributed by atoms with Crippen LogP contribution >= 0.6 is 0 Å². The maximum atomic E-state index is 10.9. The van der Waals surface area contributed by atoms with Gasteiger partial charge in [0.1, 0.15) is 0 Å². The summed E-state index contributed by atoms with van der Waals surface area (Å²) in [4.78, 5) is 17.2. The number of fused-ring (bicyclic) bond motifs is 2. The van der Waals surface area contributed by atoms with Gasteiger partial charge in [-0.2, -0.15) is 0 Å². The number of nitrogens with zero attached hydrogens (tertiary/aromatic N) is 1. The Morgan fingerprint density at radius 2 is 1.92 bits per heavy atom. The van der Waals surface area contributed by atoms with Crippen LogP contribution in [0.15, 0.2) is 0 Å². The summed E-state index contributed by atoms with van der Waals surface area (Å²) in [6, 6.07) is 0.259. The van der Waals surface area contributed by atoms with Gasteiger partial charge in [-0.25, -0.2) is 10.7 Å². The third-order valence-corrected chi connectivity index (χ3v) is 3.10. The highest BCUT2D eigenvalue weighted by atomic mass is 16.6. The molecular weight excluding hydrogens is 172 g/mol. The van der Waals surface area contributed by atoms with E-state index < -0.39 is 6.09 Å². The van der Waals surface area contributed by atoms with Crippen LogP contribution in [0.2, 0.25) is 0 Å². The van der Waals surface area contributed by atoms with Crippen molar-refractivity contribution in [2.24, 2.45) is 5.90 Å². The summed E-state index contributed by atoms with van der Waals surface area (Å²) in [5.74, 6) is 5.11. The molecule has 2 saturated heterocycles. The van der Waals surface area contributed by atoms with Crippen molar-refractivity contribution in [1.29, 1.82) is 0 Å². The van der Waals surface area contributed by atoms with Crippen molar-refractivity contribution in [2.75, 3.05) is 0 Å². The lowest BCUT2D eigenvalue weighted by Crippen LogP contribution is -2.48. The minimum Gasteiger partial charge on any atom is -0.465 e. The molecule has 2 aliphatic heterocycles. The molecule has 13 heavy (non-hydrogen) atoms. The highest BCUT2D eigenvalue weighted by Gasteiger charge is 2.43. The van der Waals surface area contributed by atoms with Crippen LogP contribution in [-0.2, 0) is 4.84 Å². The van der Waals surface area contributed by atoms with E-state index >= 15 is 0 Å². The highest BCUT2D eigenvalue weighted by Crippen LogP contribution is 2.36. The number of nitrogens with two attached hydrogens (primary N) is 1. The molecular formula is C8H14N2O3. The van der Waals surface area contributed by atoms with E-state index in [2.05, 4.69) is 0 Å². The third-order valence-electron chi connectivity index (χ3n) is 3.10. The predicted octanol–water partition coefficient (Wildman–Crippen LogP) is 0.550. The second-order valence-corrected chi connectivity index (χ2v) is 3.80. The first-order chi connectivity index (χ1) is 6.22. The average Bonchev–Trinajstić information content (AvgIpc) is 2.37. The fourth-order valence-corrected chi connectivity index (χ4v) is 2.55. The van der Waals surface area contributed by atoms with Crippen molar-refractivity contribution in [2.45, 2.75) is 43.9 Å². The van der Waals surface area contributed by atoms with Gasteiger partial charge in [-0.1, -0.05) is 0 Å². The number of rotatable bonds is 1. The van der Waals surface area contributed by atoms with Crippen LogP contribution in [0.5, 0.6) is 0 Å². The van der Waals surface area contributed by atoms with Gasteiger partial charge in [0.05, 0.1) is 6.10 Å². The van der Waals surface area contributed by atoms with E-state index in [-0.39, 0.29) is 18.2 Å². The summed E-state index contributed by atoms with van der Waals surface area (Å²) < 4.78 is 0. The lowest BCUT2D eigenvalue weighted by molar-refractivity contribution is -0.0154. The molecule has 2 unspecified atom stereocenters. The average molecular weight is 186 g/mol. The van der Waals surface area contributed by atoms with Crippen molar-refractivity contribution in [3.05, 3.63) is 0 Å². The lowest BCUT2D eigenvalue weighted by atomic mass is 10.0.